The molecule has 0 aromatic rings. The molecule has 2 fully saturated rings. The molecule has 0 radical (unpaired) electrons. The number of rotatable bonds is 2. The van der Waals surface area contributed by atoms with E-state index in [0.29, 0.717) is 11.8 Å². The van der Waals surface area contributed by atoms with Crippen LogP contribution in [0.1, 0.15) is 26.7 Å². The summed E-state index contributed by atoms with van der Waals surface area (Å²) in [7, 11) is -2.12. The van der Waals surface area contributed by atoms with Crippen LogP contribution >= 0.6 is 0 Å². The Labute approximate surface area is 85.3 Å². The summed E-state index contributed by atoms with van der Waals surface area (Å²) in [4.78, 5) is 0. The molecular weight excluding hydrogens is 182 g/mol. The van der Waals surface area contributed by atoms with Crippen molar-refractivity contribution in [3.05, 3.63) is 0 Å². The quantitative estimate of drug-likeness (QED) is 0.462. The zero-order chi connectivity index (χ0) is 10.9. The second-order valence-electron chi connectivity index (χ2n) is 4.58. The molecule has 14 heavy (non-hydrogen) atoms. The van der Waals surface area contributed by atoms with Gasteiger partial charge in [0.05, 0.1) is 0 Å². The highest BCUT2D eigenvalue weighted by atomic mass is 16.4. The summed E-state index contributed by atoms with van der Waals surface area (Å²) in [6, 6.07) is 0. The lowest BCUT2D eigenvalue weighted by atomic mass is 9.82. The summed E-state index contributed by atoms with van der Waals surface area (Å²) in [6.45, 7) is 4.04. The molecule has 0 spiro atoms. The third-order valence-corrected chi connectivity index (χ3v) is 3.11. The first kappa shape index (κ1) is 12.0. The third-order valence-electron chi connectivity index (χ3n) is 3.11. The van der Waals surface area contributed by atoms with Gasteiger partial charge in [-0.3, -0.25) is 0 Å². The standard InChI is InChI=1S/2C4H9BO2/c2*1-3-2-4(3)5(6)7/h2*3-4,6-7H,2H2,1H3. The van der Waals surface area contributed by atoms with Gasteiger partial charge in [0.25, 0.3) is 0 Å². The lowest BCUT2D eigenvalue weighted by molar-refractivity contribution is 0.400. The zero-order valence-electron chi connectivity index (χ0n) is 8.67. The number of hydrogen-bond acceptors (Lipinski definition) is 4. The van der Waals surface area contributed by atoms with Crippen molar-refractivity contribution < 1.29 is 20.1 Å². The van der Waals surface area contributed by atoms with E-state index in [1.165, 1.54) is 0 Å². The molecular formula is C8H18B2O4. The molecule has 0 bridgehead atoms. The van der Waals surface area contributed by atoms with Crippen LogP contribution in [-0.4, -0.2) is 34.3 Å². The third kappa shape index (κ3) is 3.61. The first-order valence-electron chi connectivity index (χ1n) is 5.15. The summed E-state index contributed by atoms with van der Waals surface area (Å²) < 4.78 is 0. The zero-order valence-corrected chi connectivity index (χ0v) is 8.67. The molecule has 80 valence electrons. The Bertz CT molecular complexity index is 168. The monoisotopic (exact) mass is 200 g/mol. The van der Waals surface area contributed by atoms with Crippen molar-refractivity contribution in [3.8, 4) is 0 Å². The van der Waals surface area contributed by atoms with E-state index >= 15 is 0 Å². The second-order valence-corrected chi connectivity index (χ2v) is 4.58. The largest absolute Gasteiger partial charge is 0.455 e. The Hall–Kier alpha value is -0.0301. The van der Waals surface area contributed by atoms with E-state index < -0.39 is 14.2 Å². The molecule has 4 atom stereocenters. The van der Waals surface area contributed by atoms with E-state index in [2.05, 4.69) is 0 Å². The molecule has 0 aliphatic heterocycles. The molecule has 0 heterocycles. The Kier molecular flexibility index (Phi) is 4.01. The normalized spacial score (nSPS) is 38.1. The maximum absolute atomic E-state index is 8.42. The first-order valence-corrected chi connectivity index (χ1v) is 5.15. The Morgan fingerprint density at radius 1 is 0.786 bits per heavy atom. The van der Waals surface area contributed by atoms with Gasteiger partial charge in [-0.2, -0.15) is 0 Å². The van der Waals surface area contributed by atoms with Gasteiger partial charge in [0.15, 0.2) is 0 Å². The maximum Gasteiger partial charge on any atom is 0.455 e. The Balaban J connectivity index is 0.000000140. The molecule has 0 saturated heterocycles. The highest BCUT2D eigenvalue weighted by Crippen LogP contribution is 2.45. The molecule has 2 rings (SSSR count). The maximum atomic E-state index is 8.42. The van der Waals surface area contributed by atoms with Crippen LogP contribution in [0.25, 0.3) is 0 Å². The van der Waals surface area contributed by atoms with Crippen LogP contribution in [0.2, 0.25) is 11.6 Å². The van der Waals surface area contributed by atoms with Crippen molar-refractivity contribution in [1.82, 2.24) is 0 Å². The first-order chi connectivity index (χ1) is 6.43. The smallest absolute Gasteiger partial charge is 0.427 e. The van der Waals surface area contributed by atoms with Crippen molar-refractivity contribution in [1.29, 1.82) is 0 Å². The van der Waals surface area contributed by atoms with Crippen molar-refractivity contribution in [2.45, 2.75) is 38.3 Å². The molecule has 4 N–H and O–H groups in total. The van der Waals surface area contributed by atoms with Gasteiger partial charge in [-0.15, -0.1) is 0 Å². The molecule has 2 aliphatic rings. The lowest BCUT2D eigenvalue weighted by Gasteiger charge is -1.88. The molecule has 2 aliphatic carbocycles. The molecule has 4 nitrogen and oxygen atoms in total. The molecule has 0 aromatic carbocycles. The van der Waals surface area contributed by atoms with Crippen LogP contribution in [0.15, 0.2) is 0 Å². The predicted molar refractivity (Wildman–Crippen MR) is 55.4 cm³/mol. The van der Waals surface area contributed by atoms with Crippen LogP contribution in [0.3, 0.4) is 0 Å². The highest BCUT2D eigenvalue weighted by Gasteiger charge is 2.42. The fourth-order valence-electron chi connectivity index (χ4n) is 1.53. The predicted octanol–water partition coefficient (Wildman–Crippen LogP) is -0.262. The van der Waals surface area contributed by atoms with E-state index in [1.54, 1.807) is 0 Å². The van der Waals surface area contributed by atoms with Crippen molar-refractivity contribution in [2.24, 2.45) is 11.8 Å². The Morgan fingerprint density at radius 3 is 1.00 bits per heavy atom. The molecule has 0 amide bonds. The highest BCUT2D eigenvalue weighted by molar-refractivity contribution is 6.44. The summed E-state index contributed by atoms with van der Waals surface area (Å²) in [5, 5.41) is 33.7. The average molecular weight is 200 g/mol. The molecule has 0 aromatic heterocycles. The van der Waals surface area contributed by atoms with Crippen LogP contribution in [-0.2, 0) is 0 Å². The average Bonchev–Trinajstić information content (AvgIpc) is 2.90. The second kappa shape index (κ2) is 4.66. The van der Waals surface area contributed by atoms with E-state index in [-0.39, 0.29) is 11.6 Å². The SMILES string of the molecule is CC1CC1B(O)O.CC1CC1B(O)O. The topological polar surface area (TPSA) is 80.9 Å². The van der Waals surface area contributed by atoms with Gasteiger partial charge >= 0.3 is 14.2 Å². The number of hydrogen-bond donors (Lipinski definition) is 4. The lowest BCUT2D eigenvalue weighted by Crippen LogP contribution is -2.10. The molecule has 6 heteroatoms. The van der Waals surface area contributed by atoms with Gasteiger partial charge < -0.3 is 20.1 Å². The fourth-order valence-corrected chi connectivity index (χ4v) is 1.53. The van der Waals surface area contributed by atoms with E-state index in [9.17, 15) is 0 Å². The van der Waals surface area contributed by atoms with Gasteiger partial charge in [0.1, 0.15) is 0 Å². The summed E-state index contributed by atoms with van der Waals surface area (Å²) in [6.07, 6.45) is 1.97. The minimum Gasteiger partial charge on any atom is -0.427 e. The van der Waals surface area contributed by atoms with Crippen LogP contribution < -0.4 is 0 Å². The van der Waals surface area contributed by atoms with Crippen molar-refractivity contribution >= 4 is 14.2 Å². The minimum absolute atomic E-state index is 0.181. The van der Waals surface area contributed by atoms with Gasteiger partial charge in [0, 0.05) is 0 Å². The molecule has 2 saturated carbocycles. The van der Waals surface area contributed by atoms with Gasteiger partial charge in [-0.05, 0) is 36.3 Å². The van der Waals surface area contributed by atoms with E-state index in [1.807, 2.05) is 13.8 Å². The van der Waals surface area contributed by atoms with Crippen molar-refractivity contribution in [2.75, 3.05) is 0 Å². The Morgan fingerprint density at radius 2 is 1.00 bits per heavy atom. The van der Waals surface area contributed by atoms with Gasteiger partial charge in [-0.25, -0.2) is 0 Å². The summed E-state index contributed by atoms with van der Waals surface area (Å²) in [5.41, 5.74) is 0. The minimum atomic E-state index is -1.06. The van der Waals surface area contributed by atoms with Crippen LogP contribution in [0.4, 0.5) is 0 Å². The summed E-state index contributed by atoms with van der Waals surface area (Å²) >= 11 is 0. The van der Waals surface area contributed by atoms with Gasteiger partial charge in [0.2, 0.25) is 0 Å². The van der Waals surface area contributed by atoms with E-state index in [4.69, 9.17) is 20.1 Å². The van der Waals surface area contributed by atoms with E-state index in [0.717, 1.165) is 12.8 Å². The van der Waals surface area contributed by atoms with Gasteiger partial charge in [-0.1, -0.05) is 13.8 Å². The van der Waals surface area contributed by atoms with Crippen LogP contribution in [0.5, 0.6) is 0 Å². The van der Waals surface area contributed by atoms with Crippen LogP contribution in [0, 0.1) is 11.8 Å². The van der Waals surface area contributed by atoms with Crippen molar-refractivity contribution in [3.63, 3.8) is 0 Å². The molecule has 4 unspecified atom stereocenters. The fraction of sp³-hybridized carbons (Fsp3) is 1.00. The summed E-state index contributed by atoms with van der Waals surface area (Å²) in [5.74, 6) is 1.44.